The molecule has 0 radical (unpaired) electrons. The van der Waals surface area contributed by atoms with Crippen LogP contribution in [0.2, 0.25) is 0 Å². The number of hydrogen-bond acceptors (Lipinski definition) is 2. The third-order valence-corrected chi connectivity index (χ3v) is 4.35. The van der Waals surface area contributed by atoms with Crippen molar-refractivity contribution in [2.75, 3.05) is 13.1 Å². The van der Waals surface area contributed by atoms with Crippen molar-refractivity contribution < 1.29 is 4.39 Å². The summed E-state index contributed by atoms with van der Waals surface area (Å²) in [5.74, 6) is -0.136. The van der Waals surface area contributed by atoms with E-state index in [2.05, 4.69) is 11.8 Å². The molecule has 0 spiro atoms. The molecule has 2 N–H and O–H groups in total. The van der Waals surface area contributed by atoms with Gasteiger partial charge in [0.05, 0.1) is 0 Å². The van der Waals surface area contributed by atoms with Gasteiger partial charge in [0.2, 0.25) is 0 Å². The highest BCUT2D eigenvalue weighted by molar-refractivity contribution is 5.27. The number of benzene rings is 1. The van der Waals surface area contributed by atoms with Gasteiger partial charge in [-0.3, -0.25) is 4.90 Å². The van der Waals surface area contributed by atoms with Gasteiger partial charge in [0.1, 0.15) is 5.82 Å². The average molecular weight is 264 g/mol. The van der Waals surface area contributed by atoms with Gasteiger partial charge in [0.15, 0.2) is 0 Å². The Labute approximate surface area is 115 Å². The van der Waals surface area contributed by atoms with E-state index in [1.807, 2.05) is 19.1 Å². The summed E-state index contributed by atoms with van der Waals surface area (Å²) in [6.45, 7) is 5.61. The van der Waals surface area contributed by atoms with E-state index >= 15 is 0 Å². The lowest BCUT2D eigenvalue weighted by molar-refractivity contribution is 0.147. The van der Waals surface area contributed by atoms with Crippen LogP contribution in [0.5, 0.6) is 0 Å². The molecule has 0 bridgehead atoms. The van der Waals surface area contributed by atoms with Gasteiger partial charge in [-0.05, 0) is 43.5 Å². The van der Waals surface area contributed by atoms with Crippen LogP contribution in [0.1, 0.15) is 49.8 Å². The average Bonchev–Trinajstić information content (AvgIpc) is 2.93. The standard InChI is InChI=1S/C16H25FN2/c1-3-19(14-6-4-5-7-14)16(11-18)13-8-9-15(17)12(2)10-13/h8-10,14,16H,3-7,11,18H2,1-2H3. The summed E-state index contributed by atoms with van der Waals surface area (Å²) in [6, 6.07) is 6.26. The Bertz CT molecular complexity index is 413. The van der Waals surface area contributed by atoms with E-state index in [9.17, 15) is 4.39 Å². The number of rotatable bonds is 5. The van der Waals surface area contributed by atoms with Crippen LogP contribution in [-0.2, 0) is 0 Å². The molecule has 0 amide bonds. The fourth-order valence-electron chi connectivity index (χ4n) is 3.31. The Kier molecular flexibility index (Phi) is 4.94. The number of likely N-dealkylation sites (N-methyl/N-ethyl adjacent to an activating group) is 1. The van der Waals surface area contributed by atoms with Crippen molar-refractivity contribution in [3.63, 3.8) is 0 Å². The maximum absolute atomic E-state index is 13.4. The van der Waals surface area contributed by atoms with E-state index in [0.717, 1.165) is 12.1 Å². The molecule has 106 valence electrons. The van der Waals surface area contributed by atoms with Crippen LogP contribution in [0.15, 0.2) is 18.2 Å². The van der Waals surface area contributed by atoms with Crippen molar-refractivity contribution in [1.82, 2.24) is 4.90 Å². The second-order valence-corrected chi connectivity index (χ2v) is 5.53. The molecule has 1 unspecified atom stereocenters. The highest BCUT2D eigenvalue weighted by Crippen LogP contribution is 2.31. The van der Waals surface area contributed by atoms with Crippen molar-refractivity contribution in [3.8, 4) is 0 Å². The number of aryl methyl sites for hydroxylation is 1. The molecule has 1 atom stereocenters. The molecular weight excluding hydrogens is 239 g/mol. The van der Waals surface area contributed by atoms with Crippen LogP contribution in [0, 0.1) is 12.7 Å². The molecule has 1 saturated carbocycles. The number of nitrogens with two attached hydrogens (primary N) is 1. The van der Waals surface area contributed by atoms with E-state index in [1.54, 1.807) is 6.07 Å². The predicted molar refractivity (Wildman–Crippen MR) is 77.6 cm³/mol. The summed E-state index contributed by atoms with van der Waals surface area (Å²) in [5, 5.41) is 0. The zero-order valence-corrected chi connectivity index (χ0v) is 12.0. The fourth-order valence-corrected chi connectivity index (χ4v) is 3.31. The Morgan fingerprint density at radius 3 is 2.58 bits per heavy atom. The quantitative estimate of drug-likeness (QED) is 0.883. The second-order valence-electron chi connectivity index (χ2n) is 5.53. The highest BCUT2D eigenvalue weighted by atomic mass is 19.1. The van der Waals surface area contributed by atoms with E-state index < -0.39 is 0 Å². The Morgan fingerprint density at radius 1 is 1.37 bits per heavy atom. The molecule has 1 aromatic rings. The third-order valence-electron chi connectivity index (χ3n) is 4.35. The summed E-state index contributed by atoms with van der Waals surface area (Å²) in [7, 11) is 0. The third kappa shape index (κ3) is 3.15. The van der Waals surface area contributed by atoms with Crippen LogP contribution in [0.3, 0.4) is 0 Å². The topological polar surface area (TPSA) is 29.3 Å². The minimum absolute atomic E-state index is 0.136. The van der Waals surface area contributed by atoms with Crippen molar-refractivity contribution in [2.24, 2.45) is 5.73 Å². The van der Waals surface area contributed by atoms with Crippen LogP contribution in [0.25, 0.3) is 0 Å². The molecular formula is C16H25FN2. The molecule has 2 nitrogen and oxygen atoms in total. The smallest absolute Gasteiger partial charge is 0.126 e. The van der Waals surface area contributed by atoms with E-state index in [1.165, 1.54) is 25.7 Å². The minimum Gasteiger partial charge on any atom is -0.329 e. The van der Waals surface area contributed by atoms with E-state index in [4.69, 9.17) is 5.73 Å². The van der Waals surface area contributed by atoms with Gasteiger partial charge in [-0.15, -0.1) is 0 Å². The van der Waals surface area contributed by atoms with Gasteiger partial charge in [0.25, 0.3) is 0 Å². The Morgan fingerprint density at radius 2 is 2.05 bits per heavy atom. The first kappa shape index (κ1) is 14.5. The van der Waals surface area contributed by atoms with Gasteiger partial charge in [0, 0.05) is 18.6 Å². The van der Waals surface area contributed by atoms with Crippen molar-refractivity contribution in [2.45, 2.75) is 51.6 Å². The molecule has 1 fully saturated rings. The maximum Gasteiger partial charge on any atom is 0.126 e. The summed E-state index contributed by atoms with van der Waals surface area (Å²) < 4.78 is 13.4. The molecule has 0 heterocycles. The van der Waals surface area contributed by atoms with Crippen molar-refractivity contribution in [3.05, 3.63) is 35.1 Å². The summed E-state index contributed by atoms with van der Waals surface area (Å²) >= 11 is 0. The van der Waals surface area contributed by atoms with Gasteiger partial charge < -0.3 is 5.73 Å². The monoisotopic (exact) mass is 264 g/mol. The minimum atomic E-state index is -0.136. The van der Waals surface area contributed by atoms with Crippen LogP contribution >= 0.6 is 0 Å². The normalized spacial score (nSPS) is 18.2. The summed E-state index contributed by atoms with van der Waals surface area (Å²) in [5.41, 5.74) is 7.86. The molecule has 0 saturated heterocycles. The van der Waals surface area contributed by atoms with Gasteiger partial charge in [-0.1, -0.05) is 31.9 Å². The SMILES string of the molecule is CCN(C1CCCC1)C(CN)c1ccc(F)c(C)c1. The first-order valence-corrected chi connectivity index (χ1v) is 7.39. The van der Waals surface area contributed by atoms with Gasteiger partial charge in [-0.25, -0.2) is 4.39 Å². The maximum atomic E-state index is 13.4. The Balaban J connectivity index is 2.23. The zero-order chi connectivity index (χ0) is 13.8. The number of nitrogens with zero attached hydrogens (tertiary/aromatic N) is 1. The number of halogens is 1. The fraction of sp³-hybridized carbons (Fsp3) is 0.625. The van der Waals surface area contributed by atoms with E-state index in [-0.39, 0.29) is 11.9 Å². The first-order chi connectivity index (χ1) is 9.17. The summed E-state index contributed by atoms with van der Waals surface area (Å²) in [6.07, 6.45) is 5.18. The molecule has 0 aliphatic heterocycles. The Hall–Kier alpha value is -0.930. The molecule has 1 aromatic carbocycles. The highest BCUT2D eigenvalue weighted by Gasteiger charge is 2.27. The van der Waals surface area contributed by atoms with Crippen LogP contribution in [0.4, 0.5) is 4.39 Å². The molecule has 3 heteroatoms. The lowest BCUT2D eigenvalue weighted by Gasteiger charge is -2.35. The lowest BCUT2D eigenvalue weighted by Crippen LogP contribution is -2.40. The lowest BCUT2D eigenvalue weighted by atomic mass is 10.0. The molecule has 2 rings (SSSR count). The molecule has 19 heavy (non-hydrogen) atoms. The molecule has 0 aromatic heterocycles. The molecule has 1 aliphatic carbocycles. The summed E-state index contributed by atoms with van der Waals surface area (Å²) in [4.78, 5) is 2.50. The van der Waals surface area contributed by atoms with E-state index in [0.29, 0.717) is 18.2 Å². The van der Waals surface area contributed by atoms with Crippen molar-refractivity contribution >= 4 is 0 Å². The number of hydrogen-bond donors (Lipinski definition) is 1. The first-order valence-electron chi connectivity index (χ1n) is 7.39. The van der Waals surface area contributed by atoms with Crippen LogP contribution in [-0.4, -0.2) is 24.0 Å². The van der Waals surface area contributed by atoms with Gasteiger partial charge >= 0.3 is 0 Å². The van der Waals surface area contributed by atoms with Crippen LogP contribution < -0.4 is 5.73 Å². The largest absolute Gasteiger partial charge is 0.329 e. The predicted octanol–water partition coefficient (Wildman–Crippen LogP) is 3.40. The van der Waals surface area contributed by atoms with Gasteiger partial charge in [-0.2, -0.15) is 0 Å². The van der Waals surface area contributed by atoms with Crippen molar-refractivity contribution in [1.29, 1.82) is 0 Å². The zero-order valence-electron chi connectivity index (χ0n) is 12.0. The molecule has 1 aliphatic rings. The second kappa shape index (κ2) is 6.49.